The first-order valence-corrected chi connectivity index (χ1v) is 5.33. The molecule has 2 unspecified atom stereocenters. The molecule has 0 bridgehead atoms. The van der Waals surface area contributed by atoms with Crippen molar-refractivity contribution in [2.45, 2.75) is 13.3 Å². The molecule has 4 N–H and O–H groups in total. The largest absolute Gasteiger partial charge is 0.364 e. The second-order valence-electron chi connectivity index (χ2n) is 4.18. The summed E-state index contributed by atoms with van der Waals surface area (Å²) >= 11 is 0. The molecule has 0 aliphatic heterocycles. The summed E-state index contributed by atoms with van der Waals surface area (Å²) in [6, 6.07) is 0. The molecule has 0 aromatic carbocycles. The Morgan fingerprint density at radius 2 is 2.41 bits per heavy atom. The van der Waals surface area contributed by atoms with Crippen LogP contribution in [0.3, 0.4) is 0 Å². The second-order valence-corrected chi connectivity index (χ2v) is 4.18. The maximum atomic E-state index is 10.8. The van der Waals surface area contributed by atoms with E-state index in [2.05, 4.69) is 27.6 Å². The molecule has 8 nitrogen and oxygen atoms in total. The molecular formula is C9H14N6O2. The number of anilines is 2. The van der Waals surface area contributed by atoms with Crippen LogP contribution in [0.15, 0.2) is 6.20 Å². The predicted octanol–water partition coefficient (Wildman–Crippen LogP) is 0.738. The van der Waals surface area contributed by atoms with Crippen molar-refractivity contribution in [2.24, 2.45) is 17.7 Å². The number of rotatable bonds is 5. The quantitative estimate of drug-likeness (QED) is 0.393. The maximum Gasteiger partial charge on any atom is 0.329 e. The van der Waals surface area contributed by atoms with E-state index in [0.717, 1.165) is 12.6 Å². The Balaban J connectivity index is 2.13. The van der Waals surface area contributed by atoms with Crippen LogP contribution in [0.1, 0.15) is 13.3 Å². The van der Waals surface area contributed by atoms with Crippen LogP contribution in [0.2, 0.25) is 0 Å². The molecular weight excluding hydrogens is 224 g/mol. The molecule has 1 aliphatic rings. The number of nitrogens with one attached hydrogen (secondary N) is 2. The molecule has 2 rings (SSSR count). The first kappa shape index (κ1) is 11.5. The monoisotopic (exact) mass is 238 g/mol. The molecule has 0 saturated heterocycles. The highest BCUT2D eigenvalue weighted by Gasteiger charge is 2.32. The molecule has 1 saturated carbocycles. The van der Waals surface area contributed by atoms with E-state index in [-0.39, 0.29) is 17.5 Å². The van der Waals surface area contributed by atoms with E-state index < -0.39 is 4.92 Å². The van der Waals surface area contributed by atoms with Crippen LogP contribution in [-0.4, -0.2) is 21.4 Å². The minimum Gasteiger partial charge on any atom is -0.364 e. The third kappa shape index (κ3) is 2.59. The van der Waals surface area contributed by atoms with Gasteiger partial charge in [0.25, 0.3) is 0 Å². The van der Waals surface area contributed by atoms with Crippen molar-refractivity contribution in [1.29, 1.82) is 0 Å². The maximum absolute atomic E-state index is 10.8. The Labute approximate surface area is 97.8 Å². The van der Waals surface area contributed by atoms with Crippen molar-refractivity contribution in [1.82, 2.24) is 9.97 Å². The lowest BCUT2D eigenvalue weighted by atomic mass is 10.3. The number of hydrazine groups is 1. The smallest absolute Gasteiger partial charge is 0.329 e. The lowest BCUT2D eigenvalue weighted by molar-refractivity contribution is -0.384. The first-order chi connectivity index (χ1) is 8.11. The summed E-state index contributed by atoms with van der Waals surface area (Å²) in [5.74, 6) is 6.77. The fraction of sp³-hybridized carbons (Fsp3) is 0.556. The van der Waals surface area contributed by atoms with E-state index in [0.29, 0.717) is 18.4 Å². The molecule has 2 atom stereocenters. The van der Waals surface area contributed by atoms with Crippen LogP contribution in [0.5, 0.6) is 0 Å². The summed E-state index contributed by atoms with van der Waals surface area (Å²) in [5, 5.41) is 13.8. The van der Waals surface area contributed by atoms with Crippen molar-refractivity contribution in [3.05, 3.63) is 16.3 Å². The van der Waals surface area contributed by atoms with Gasteiger partial charge in [0.15, 0.2) is 0 Å². The van der Waals surface area contributed by atoms with Gasteiger partial charge in [-0.25, -0.2) is 10.8 Å². The predicted molar refractivity (Wildman–Crippen MR) is 62.3 cm³/mol. The zero-order valence-electron chi connectivity index (χ0n) is 9.38. The number of nitrogen functional groups attached to an aromatic ring is 1. The van der Waals surface area contributed by atoms with Crippen molar-refractivity contribution >= 4 is 17.5 Å². The van der Waals surface area contributed by atoms with Crippen LogP contribution in [0, 0.1) is 22.0 Å². The van der Waals surface area contributed by atoms with Crippen LogP contribution in [0.25, 0.3) is 0 Å². The van der Waals surface area contributed by atoms with Gasteiger partial charge in [0, 0.05) is 6.54 Å². The normalized spacial score (nSPS) is 22.0. The molecule has 8 heteroatoms. The molecule has 92 valence electrons. The summed E-state index contributed by atoms with van der Waals surface area (Å²) in [5.41, 5.74) is 2.12. The zero-order valence-corrected chi connectivity index (χ0v) is 9.38. The Morgan fingerprint density at radius 3 is 2.94 bits per heavy atom. The SMILES string of the molecule is CC1CC1CNc1nc(NN)ncc1[N+](=O)[O-]. The summed E-state index contributed by atoms with van der Waals surface area (Å²) in [6.07, 6.45) is 2.29. The highest BCUT2D eigenvalue weighted by Crippen LogP contribution is 2.37. The van der Waals surface area contributed by atoms with Gasteiger partial charge in [-0.3, -0.25) is 15.5 Å². The standard InChI is InChI=1S/C9H14N6O2/c1-5-2-6(5)3-11-8-7(15(16)17)4-12-9(13-8)14-10/h4-6H,2-3,10H2,1H3,(H2,11,12,13,14). The van der Waals surface area contributed by atoms with Gasteiger partial charge in [0.2, 0.25) is 11.8 Å². The van der Waals surface area contributed by atoms with Crippen molar-refractivity contribution in [2.75, 3.05) is 17.3 Å². The number of hydrogen-bond acceptors (Lipinski definition) is 7. The van der Waals surface area contributed by atoms with Gasteiger partial charge in [0.05, 0.1) is 4.92 Å². The van der Waals surface area contributed by atoms with Crippen molar-refractivity contribution in [3.63, 3.8) is 0 Å². The van der Waals surface area contributed by atoms with Crippen LogP contribution < -0.4 is 16.6 Å². The van der Waals surface area contributed by atoms with Gasteiger partial charge in [-0.05, 0) is 18.3 Å². The lowest BCUT2D eigenvalue weighted by Gasteiger charge is -2.06. The summed E-state index contributed by atoms with van der Waals surface area (Å²) in [7, 11) is 0. The van der Waals surface area contributed by atoms with Gasteiger partial charge < -0.3 is 5.32 Å². The van der Waals surface area contributed by atoms with E-state index >= 15 is 0 Å². The Morgan fingerprint density at radius 1 is 1.71 bits per heavy atom. The van der Waals surface area contributed by atoms with Crippen molar-refractivity contribution in [3.8, 4) is 0 Å². The molecule has 1 aromatic rings. The van der Waals surface area contributed by atoms with Crippen LogP contribution >= 0.6 is 0 Å². The van der Waals surface area contributed by atoms with E-state index in [9.17, 15) is 10.1 Å². The molecule has 1 heterocycles. The Kier molecular flexibility index (Phi) is 3.05. The summed E-state index contributed by atoms with van der Waals surface area (Å²) < 4.78 is 0. The van der Waals surface area contributed by atoms with Gasteiger partial charge in [-0.15, -0.1) is 0 Å². The molecule has 17 heavy (non-hydrogen) atoms. The topological polar surface area (TPSA) is 119 Å². The molecule has 1 aromatic heterocycles. The highest BCUT2D eigenvalue weighted by molar-refractivity contribution is 5.56. The van der Waals surface area contributed by atoms with Gasteiger partial charge in [0.1, 0.15) is 6.20 Å². The van der Waals surface area contributed by atoms with Crippen LogP contribution in [0.4, 0.5) is 17.5 Å². The van der Waals surface area contributed by atoms with E-state index in [1.54, 1.807) is 0 Å². The highest BCUT2D eigenvalue weighted by atomic mass is 16.6. The van der Waals surface area contributed by atoms with E-state index in [1.807, 2.05) is 0 Å². The number of nitrogens with zero attached hydrogens (tertiary/aromatic N) is 3. The van der Waals surface area contributed by atoms with Gasteiger partial charge >= 0.3 is 5.69 Å². The third-order valence-electron chi connectivity index (χ3n) is 2.90. The Hall–Kier alpha value is -1.96. The summed E-state index contributed by atoms with van der Waals surface area (Å²) in [6.45, 7) is 2.83. The average molecular weight is 238 g/mol. The molecule has 0 spiro atoms. The molecule has 0 radical (unpaired) electrons. The fourth-order valence-corrected chi connectivity index (χ4v) is 1.62. The minimum absolute atomic E-state index is 0.141. The van der Waals surface area contributed by atoms with Gasteiger partial charge in [-0.1, -0.05) is 6.92 Å². The fourth-order valence-electron chi connectivity index (χ4n) is 1.62. The number of aromatic nitrogens is 2. The number of nitro groups is 1. The zero-order chi connectivity index (χ0) is 12.4. The van der Waals surface area contributed by atoms with Crippen molar-refractivity contribution < 1.29 is 4.92 Å². The lowest BCUT2D eigenvalue weighted by Crippen LogP contribution is -2.14. The molecule has 0 amide bonds. The van der Waals surface area contributed by atoms with E-state index in [4.69, 9.17) is 5.84 Å². The average Bonchev–Trinajstić information content (AvgIpc) is 3.02. The molecule has 1 fully saturated rings. The van der Waals surface area contributed by atoms with Crippen LogP contribution in [-0.2, 0) is 0 Å². The van der Waals surface area contributed by atoms with Gasteiger partial charge in [-0.2, -0.15) is 4.98 Å². The van der Waals surface area contributed by atoms with E-state index in [1.165, 1.54) is 0 Å². The number of hydrogen-bond donors (Lipinski definition) is 3. The second kappa shape index (κ2) is 4.50. The number of nitrogens with two attached hydrogens (primary N) is 1. The minimum atomic E-state index is -0.515. The summed E-state index contributed by atoms with van der Waals surface area (Å²) in [4.78, 5) is 17.9. The Bertz CT molecular complexity index is 437. The first-order valence-electron chi connectivity index (χ1n) is 5.33. The third-order valence-corrected chi connectivity index (χ3v) is 2.90. The molecule has 1 aliphatic carbocycles.